The Morgan fingerprint density at radius 2 is 1.77 bits per heavy atom. The van der Waals surface area contributed by atoms with Crippen LogP contribution in [0.15, 0.2) is 144 Å². The molecule has 1 aromatic heterocycles. The molecule has 0 amide bonds. The van der Waals surface area contributed by atoms with Crippen molar-refractivity contribution >= 4 is 17.2 Å². The second-order valence-electron chi connectivity index (χ2n) is 9.03. The first kappa shape index (κ1) is 29.9. The van der Waals surface area contributed by atoms with E-state index >= 15 is 0 Å². The molecule has 40 heavy (non-hydrogen) atoms. The molecule has 206 valence electrons. The number of pyridine rings is 1. The summed E-state index contributed by atoms with van der Waals surface area (Å²) in [6.07, 6.45) is 27.0. The van der Waals surface area contributed by atoms with E-state index in [0.29, 0.717) is 0 Å². The third-order valence-corrected chi connectivity index (χ3v) is 6.14. The van der Waals surface area contributed by atoms with Crippen LogP contribution >= 0.6 is 0 Å². The quantitative estimate of drug-likeness (QED) is 0.278. The van der Waals surface area contributed by atoms with Crippen molar-refractivity contribution in [2.45, 2.75) is 33.1 Å². The Hall–Kier alpha value is -4.64. The molecule has 3 rings (SSSR count). The van der Waals surface area contributed by atoms with Crippen LogP contribution in [0, 0.1) is 0 Å². The lowest BCUT2D eigenvalue weighted by Crippen LogP contribution is -2.25. The normalized spacial score (nSPS) is 15.7. The van der Waals surface area contributed by atoms with Gasteiger partial charge in [-0.05, 0) is 61.6 Å². The van der Waals surface area contributed by atoms with E-state index in [1.165, 1.54) is 11.1 Å². The number of anilines is 1. The third-order valence-electron chi connectivity index (χ3n) is 6.14. The fourth-order valence-corrected chi connectivity index (χ4v) is 4.21. The first-order chi connectivity index (χ1) is 19.6. The van der Waals surface area contributed by atoms with Gasteiger partial charge in [0.2, 0.25) is 0 Å². The Kier molecular flexibility index (Phi) is 12.2. The third kappa shape index (κ3) is 8.70. The Morgan fingerprint density at radius 3 is 2.45 bits per heavy atom. The van der Waals surface area contributed by atoms with Crippen LogP contribution in [0.4, 0.5) is 5.82 Å². The Morgan fingerprint density at radius 1 is 1.00 bits per heavy atom. The maximum atomic E-state index is 5.38. The van der Waals surface area contributed by atoms with Gasteiger partial charge in [-0.1, -0.05) is 92.5 Å². The summed E-state index contributed by atoms with van der Waals surface area (Å²) in [7, 11) is 3.73. The van der Waals surface area contributed by atoms with E-state index < -0.39 is 0 Å². The highest BCUT2D eigenvalue weighted by Gasteiger charge is 2.22. The Bertz CT molecular complexity index is 1350. The van der Waals surface area contributed by atoms with Gasteiger partial charge in [-0.2, -0.15) is 0 Å². The number of allylic oxidation sites excluding steroid dienone is 12. The Balaban J connectivity index is 2.16. The molecule has 0 saturated heterocycles. The summed E-state index contributed by atoms with van der Waals surface area (Å²) in [5.41, 5.74) is 4.42. The highest BCUT2D eigenvalue weighted by Crippen LogP contribution is 2.32. The monoisotopic (exact) mass is 532 g/mol. The first-order valence-corrected chi connectivity index (χ1v) is 13.6. The zero-order chi connectivity index (χ0) is 28.6. The van der Waals surface area contributed by atoms with Crippen LogP contribution in [0.25, 0.3) is 5.57 Å². The zero-order valence-corrected chi connectivity index (χ0v) is 24.0. The lowest BCUT2D eigenvalue weighted by Gasteiger charge is -2.28. The van der Waals surface area contributed by atoms with Crippen molar-refractivity contribution in [1.82, 2.24) is 9.88 Å². The van der Waals surface area contributed by atoms with Crippen LogP contribution in [0.3, 0.4) is 0 Å². The largest absolute Gasteiger partial charge is 0.497 e. The fraction of sp³-hybridized carbons (Fsp3) is 0.200. The van der Waals surface area contributed by atoms with E-state index in [2.05, 4.69) is 78.4 Å². The van der Waals surface area contributed by atoms with Gasteiger partial charge in [0.1, 0.15) is 23.2 Å². The molecule has 0 bridgehead atoms. The molecule has 0 fully saturated rings. The van der Waals surface area contributed by atoms with E-state index in [9.17, 15) is 0 Å². The van der Waals surface area contributed by atoms with Gasteiger partial charge in [-0.15, -0.1) is 0 Å². The SMILES string of the molecule is C=C/C=C\C=C/CC(/C(=C\CC)C/C=C\C=C/C)=C1\N=C(Nc2ccccn2)C(c2ccc(OC)cc2)=CN1C. The van der Waals surface area contributed by atoms with E-state index in [0.717, 1.165) is 53.6 Å². The van der Waals surface area contributed by atoms with Crippen LogP contribution < -0.4 is 10.1 Å². The highest BCUT2D eigenvalue weighted by molar-refractivity contribution is 6.28. The number of ether oxygens (including phenoxy) is 1. The number of methoxy groups -OCH3 is 1. The molecule has 0 radical (unpaired) electrons. The topological polar surface area (TPSA) is 49.8 Å². The molecule has 0 unspecified atom stereocenters. The number of aliphatic imine (C=N–C) groups is 1. The van der Waals surface area contributed by atoms with Crippen molar-refractivity contribution in [3.8, 4) is 5.75 Å². The minimum Gasteiger partial charge on any atom is -0.497 e. The average Bonchev–Trinajstić information content (AvgIpc) is 2.98. The van der Waals surface area contributed by atoms with Gasteiger partial charge in [0.05, 0.1) is 7.11 Å². The van der Waals surface area contributed by atoms with Crippen molar-refractivity contribution in [3.05, 3.63) is 145 Å². The highest BCUT2D eigenvalue weighted by atomic mass is 16.5. The molecule has 1 aliphatic heterocycles. The van der Waals surface area contributed by atoms with Gasteiger partial charge in [0.15, 0.2) is 0 Å². The molecular formula is C35H40N4O. The van der Waals surface area contributed by atoms with Gasteiger partial charge >= 0.3 is 0 Å². The predicted octanol–water partition coefficient (Wildman–Crippen LogP) is 8.65. The van der Waals surface area contributed by atoms with Crippen LogP contribution in [0.2, 0.25) is 0 Å². The molecule has 5 heteroatoms. The molecule has 1 aliphatic rings. The number of hydrogen-bond acceptors (Lipinski definition) is 5. The molecule has 1 N–H and O–H groups in total. The molecule has 2 heterocycles. The number of hydrogen-bond donors (Lipinski definition) is 1. The maximum absolute atomic E-state index is 5.38. The standard InChI is InChI=1S/C35H40N4O/c1-6-9-11-13-15-20-31(28(18-8-3)19-14-12-10-7-2)35-38-34(37-33-21-16-17-26-36-33)32(27-39(35)4)29-22-24-30(40-5)25-23-29/h6-7,9-18,21-27H,1,8,19-20H2,2-5H3,(H,36,37,38)/b10-7-,11-9-,14-12-,15-13-,28-18-,35-31-. The van der Waals surface area contributed by atoms with Crippen LogP contribution in [-0.4, -0.2) is 29.9 Å². The molecular weight excluding hydrogens is 492 g/mol. The van der Waals surface area contributed by atoms with E-state index in [1.807, 2.05) is 67.6 Å². The van der Waals surface area contributed by atoms with E-state index in [1.54, 1.807) is 19.4 Å². The molecule has 0 saturated carbocycles. The van der Waals surface area contributed by atoms with Gasteiger partial charge in [0, 0.05) is 30.6 Å². The van der Waals surface area contributed by atoms with E-state index in [-0.39, 0.29) is 0 Å². The van der Waals surface area contributed by atoms with Crippen molar-refractivity contribution in [2.24, 2.45) is 4.99 Å². The minimum absolute atomic E-state index is 0.733. The van der Waals surface area contributed by atoms with Crippen molar-refractivity contribution in [2.75, 3.05) is 19.5 Å². The second kappa shape index (κ2) is 16.4. The summed E-state index contributed by atoms with van der Waals surface area (Å²) >= 11 is 0. The molecule has 0 aliphatic carbocycles. The second-order valence-corrected chi connectivity index (χ2v) is 9.03. The number of nitrogens with one attached hydrogen (secondary N) is 1. The predicted molar refractivity (Wildman–Crippen MR) is 171 cm³/mol. The molecule has 0 spiro atoms. The number of aromatic nitrogens is 1. The average molecular weight is 533 g/mol. The van der Waals surface area contributed by atoms with Gasteiger partial charge in [0.25, 0.3) is 0 Å². The molecule has 1 aromatic carbocycles. The smallest absolute Gasteiger partial charge is 0.143 e. The van der Waals surface area contributed by atoms with Crippen molar-refractivity contribution in [1.29, 1.82) is 0 Å². The molecule has 2 aromatic rings. The maximum Gasteiger partial charge on any atom is 0.143 e. The van der Waals surface area contributed by atoms with Gasteiger partial charge in [-0.25, -0.2) is 9.98 Å². The lowest BCUT2D eigenvalue weighted by molar-refractivity contribution is 0.415. The fourth-order valence-electron chi connectivity index (χ4n) is 4.21. The summed E-state index contributed by atoms with van der Waals surface area (Å²) < 4.78 is 5.38. The summed E-state index contributed by atoms with van der Waals surface area (Å²) in [5, 5.41) is 3.47. The summed E-state index contributed by atoms with van der Waals surface area (Å²) in [6.45, 7) is 7.96. The van der Waals surface area contributed by atoms with Gasteiger partial charge in [-0.3, -0.25) is 0 Å². The number of nitrogens with zero attached hydrogens (tertiary/aromatic N) is 3. The van der Waals surface area contributed by atoms with E-state index in [4.69, 9.17) is 9.73 Å². The van der Waals surface area contributed by atoms with Crippen LogP contribution in [0.5, 0.6) is 5.75 Å². The Labute approximate surface area is 239 Å². The molecule has 5 nitrogen and oxygen atoms in total. The number of rotatable bonds is 12. The van der Waals surface area contributed by atoms with Crippen LogP contribution in [0.1, 0.15) is 38.7 Å². The zero-order valence-electron chi connectivity index (χ0n) is 24.0. The number of benzene rings is 1. The van der Waals surface area contributed by atoms with Gasteiger partial charge < -0.3 is 15.0 Å². The minimum atomic E-state index is 0.733. The summed E-state index contributed by atoms with van der Waals surface area (Å²) in [6, 6.07) is 13.8. The molecule has 0 atom stereocenters. The van der Waals surface area contributed by atoms with Crippen LogP contribution in [-0.2, 0) is 0 Å². The number of amidine groups is 1. The van der Waals surface area contributed by atoms with Crippen molar-refractivity contribution < 1.29 is 4.74 Å². The summed E-state index contributed by atoms with van der Waals surface area (Å²) in [5.74, 6) is 3.18. The lowest BCUT2D eigenvalue weighted by atomic mass is 9.96. The first-order valence-electron chi connectivity index (χ1n) is 13.6. The summed E-state index contributed by atoms with van der Waals surface area (Å²) in [4.78, 5) is 11.9. The van der Waals surface area contributed by atoms with Crippen molar-refractivity contribution in [3.63, 3.8) is 0 Å².